The van der Waals surface area contributed by atoms with Gasteiger partial charge in [0.25, 0.3) is 0 Å². The second-order valence-electron chi connectivity index (χ2n) is 39.2. The summed E-state index contributed by atoms with van der Waals surface area (Å²) in [4.78, 5) is 0. The van der Waals surface area contributed by atoms with E-state index in [2.05, 4.69) is 201 Å². The Bertz CT molecular complexity index is 1870. The van der Waals surface area contributed by atoms with Crippen LogP contribution in [0.3, 0.4) is 0 Å². The van der Waals surface area contributed by atoms with Gasteiger partial charge in [-0.1, -0.05) is 265 Å². The lowest BCUT2D eigenvalue weighted by atomic mass is 9.80. The minimum atomic E-state index is 0.615. The molecule has 11 aliphatic rings. The molecule has 0 aromatic heterocycles. The highest BCUT2D eigenvalue weighted by atomic mass is 31.1. The van der Waals surface area contributed by atoms with E-state index >= 15 is 0 Å². The quantitative estimate of drug-likeness (QED) is 0.246. The maximum atomic E-state index is 2.49. The molecule has 87 heavy (non-hydrogen) atoms. The summed E-state index contributed by atoms with van der Waals surface area (Å²) >= 11 is 0. The Kier molecular flexibility index (Phi) is 30.7. The first-order valence-corrected chi connectivity index (χ1v) is 45.8. The average Bonchev–Trinajstić information content (AvgIpc) is 1.89. The van der Waals surface area contributed by atoms with Crippen molar-refractivity contribution in [1.29, 1.82) is 0 Å². The van der Waals surface area contributed by atoms with Gasteiger partial charge in [0.1, 0.15) is 0 Å². The van der Waals surface area contributed by atoms with Gasteiger partial charge in [-0.05, 0) is 235 Å². The van der Waals surface area contributed by atoms with Crippen LogP contribution in [0.5, 0.6) is 0 Å². The summed E-state index contributed by atoms with van der Waals surface area (Å²) in [6, 6.07) is 0. The van der Waals surface area contributed by atoms with Gasteiger partial charge < -0.3 is 0 Å². The molecule has 0 aromatic carbocycles. The van der Waals surface area contributed by atoms with Crippen LogP contribution >= 0.6 is 68.6 Å². The van der Waals surface area contributed by atoms with E-state index in [4.69, 9.17) is 0 Å². The SMILES string of the molecule is C1CCC2(C1)CCC1(CCCC1)P2.CC1(C)CC(C)(C)P1.CC1(C)CCC(C)(C)P1.CC1(C)CCCCC(C)(C)P1.CC1(C)CCCCCC(C)(C)P1.CC1(C)PC(C)(C)C2CCCC21.CC1C(C)(C)PC1(C)C.CCC1(CC)CCC(CC)(CC)P1. The van der Waals surface area contributed by atoms with E-state index in [1.54, 1.807) is 64.2 Å². The van der Waals surface area contributed by atoms with E-state index in [1.807, 2.05) is 0 Å². The maximum absolute atomic E-state index is 2.49. The summed E-state index contributed by atoms with van der Waals surface area (Å²) in [6.45, 7) is 69.9. The van der Waals surface area contributed by atoms with Crippen molar-refractivity contribution >= 4 is 68.6 Å². The van der Waals surface area contributed by atoms with Crippen LogP contribution in [0, 0.1) is 17.8 Å². The van der Waals surface area contributed by atoms with Gasteiger partial charge in [0.2, 0.25) is 0 Å². The monoisotopic (exact) mass is 1360 g/mol. The molecule has 8 aliphatic heterocycles. The van der Waals surface area contributed by atoms with E-state index in [9.17, 15) is 0 Å². The van der Waals surface area contributed by atoms with Crippen molar-refractivity contribution in [2.45, 2.75) is 482 Å². The molecule has 2 atom stereocenters. The second kappa shape index (κ2) is 32.2. The van der Waals surface area contributed by atoms with Crippen LogP contribution in [0.1, 0.15) is 400 Å². The molecule has 11 rings (SSSR count). The summed E-state index contributed by atoms with van der Waals surface area (Å²) in [6.07, 6.45) is 46.2. The predicted molar refractivity (Wildman–Crippen MR) is 428 cm³/mol. The van der Waals surface area contributed by atoms with Crippen molar-refractivity contribution in [2.24, 2.45) is 17.8 Å². The van der Waals surface area contributed by atoms with Gasteiger partial charge in [-0.15, -0.1) is 68.6 Å². The molecule has 2 unspecified atom stereocenters. The van der Waals surface area contributed by atoms with Gasteiger partial charge >= 0.3 is 0 Å². The van der Waals surface area contributed by atoms with Crippen LogP contribution in [0.2, 0.25) is 0 Å². The highest BCUT2D eigenvalue weighted by Crippen LogP contribution is 2.69. The summed E-state index contributed by atoms with van der Waals surface area (Å²) in [7, 11) is 9.55. The number of rotatable bonds is 4. The topological polar surface area (TPSA) is 0 Å². The fourth-order valence-corrected chi connectivity index (χ4v) is 40.8. The summed E-state index contributed by atoms with van der Waals surface area (Å²) in [5, 5.41) is 11.0. The lowest BCUT2D eigenvalue weighted by molar-refractivity contribution is 0.314. The Morgan fingerprint density at radius 2 is 0.494 bits per heavy atom. The van der Waals surface area contributed by atoms with Crippen molar-refractivity contribution < 1.29 is 0 Å². The highest BCUT2D eigenvalue weighted by Gasteiger charge is 2.54. The van der Waals surface area contributed by atoms with Gasteiger partial charge in [-0.3, -0.25) is 0 Å². The Balaban J connectivity index is 0.000000214. The Morgan fingerprint density at radius 1 is 0.241 bits per heavy atom. The zero-order valence-corrected chi connectivity index (χ0v) is 72.7. The van der Waals surface area contributed by atoms with E-state index < -0.39 is 0 Å². The smallest absolute Gasteiger partial charge is 0.0117 e. The number of hydrogen-bond donors (Lipinski definition) is 0. The molecule has 0 nitrogen and oxygen atoms in total. The van der Waals surface area contributed by atoms with Crippen molar-refractivity contribution in [3.63, 3.8) is 0 Å². The molecule has 8 heterocycles. The van der Waals surface area contributed by atoms with Crippen molar-refractivity contribution in [1.82, 2.24) is 0 Å². The molecule has 3 saturated carbocycles. The normalized spacial score (nSPS) is 33.1. The van der Waals surface area contributed by atoms with Crippen molar-refractivity contribution in [2.75, 3.05) is 0 Å². The molecule has 2 spiro atoms. The third kappa shape index (κ3) is 26.2. The summed E-state index contributed by atoms with van der Waals surface area (Å²) in [5.41, 5.74) is 0. The zero-order chi connectivity index (χ0) is 66.3. The van der Waals surface area contributed by atoms with Gasteiger partial charge in [-0.2, -0.15) is 0 Å². The van der Waals surface area contributed by atoms with E-state index in [0.29, 0.717) is 61.9 Å². The van der Waals surface area contributed by atoms with Crippen LogP contribution in [0.4, 0.5) is 0 Å². The second-order valence-corrected chi connectivity index (χ2v) is 61.4. The molecule has 11 fully saturated rings. The summed E-state index contributed by atoms with van der Waals surface area (Å²) in [5.74, 6) is 3.00. The predicted octanol–water partition coefficient (Wildman–Crippen LogP) is 28.8. The lowest BCUT2D eigenvalue weighted by Gasteiger charge is -2.56. The fourth-order valence-electron chi connectivity index (χ4n) is 20.5. The van der Waals surface area contributed by atoms with Gasteiger partial charge in [-0.25, -0.2) is 0 Å². The number of fused-ring (bicyclic) bond motifs is 1. The first kappa shape index (κ1) is 82.9. The summed E-state index contributed by atoms with van der Waals surface area (Å²) < 4.78 is 0. The molecule has 8 saturated heterocycles. The van der Waals surface area contributed by atoms with Crippen molar-refractivity contribution in [3.8, 4) is 0 Å². The van der Waals surface area contributed by atoms with Crippen LogP contribution < -0.4 is 0 Å². The van der Waals surface area contributed by atoms with Gasteiger partial charge in [0.05, 0.1) is 0 Å². The third-order valence-corrected chi connectivity index (χ3v) is 41.8. The molecular weight excluding hydrogens is 1200 g/mol. The highest BCUT2D eigenvalue weighted by molar-refractivity contribution is 7.45. The molecule has 0 aromatic rings. The Labute approximate surface area is 564 Å². The van der Waals surface area contributed by atoms with E-state index in [-0.39, 0.29) is 0 Å². The molecule has 516 valence electrons. The Morgan fingerprint density at radius 3 is 0.701 bits per heavy atom. The first-order valence-electron chi connectivity index (χ1n) is 37.8. The van der Waals surface area contributed by atoms with Crippen molar-refractivity contribution in [3.05, 3.63) is 0 Å². The van der Waals surface area contributed by atoms with Crippen LogP contribution in [-0.2, 0) is 0 Å². The minimum absolute atomic E-state index is 0.615. The molecule has 8 heteroatoms. The number of hydrogen-bond acceptors (Lipinski definition) is 0. The molecule has 0 radical (unpaired) electrons. The standard InChI is InChI=1S/C12H21P.C12H25P.C11H21P.C11H23P.C10H21P.2C8H17P.C7H15P/c1-2-6-11(5-1)9-10-12(13-11)7-3-4-8-12;1-5-11(6-2)9-10-12(7-3,8-4)13-11;1-10(2)8-6-5-7-9(8)11(3,4)12-10;1-10(2)8-6-5-7-9-11(3,4)12-10;1-9(2)7-5-6-8-10(3,4)11-9;1-7(2)5-6-8(3,4)9-7;1-6-7(2,3)9-8(6,4)5;1-6(2)5-7(3,4)8-6/h13H,1-10H2;13H,5-10H2,1-4H3;8-9,12H,5-7H2,1-4H3;12H,5-9H2,1-4H3;11H,5-8H2,1-4H3;9H,5-6H2,1-4H3;6,9H,1-5H3;8H,5H2,1-4H3. The third-order valence-electron chi connectivity index (χ3n) is 24.8. The van der Waals surface area contributed by atoms with Crippen LogP contribution in [-0.4, -0.2) is 82.5 Å². The zero-order valence-electron chi connectivity index (χ0n) is 64.7. The van der Waals surface area contributed by atoms with Gasteiger partial charge in [0.15, 0.2) is 0 Å². The molecular formula is C79H160P8. The Hall–Kier alpha value is 3.44. The fraction of sp³-hybridized carbons (Fsp3) is 1.00. The van der Waals surface area contributed by atoms with Crippen LogP contribution in [0.15, 0.2) is 0 Å². The van der Waals surface area contributed by atoms with Gasteiger partial charge in [0, 0.05) is 0 Å². The average molecular weight is 1360 g/mol. The molecule has 0 amide bonds. The molecule has 0 bridgehead atoms. The lowest BCUT2D eigenvalue weighted by Crippen LogP contribution is -2.50. The first-order chi connectivity index (χ1) is 39.4. The largest absolute Gasteiger partial charge is 0.110 e. The molecule has 3 aliphatic carbocycles. The maximum Gasteiger partial charge on any atom is -0.0117 e. The van der Waals surface area contributed by atoms with E-state index in [1.165, 1.54) is 169 Å². The van der Waals surface area contributed by atoms with E-state index in [0.717, 1.165) is 72.7 Å². The minimum Gasteiger partial charge on any atom is -0.110 e. The van der Waals surface area contributed by atoms with Crippen LogP contribution in [0.25, 0.3) is 0 Å². The molecule has 0 N–H and O–H groups in total.